The normalized spacial score (nSPS) is 13.9. The molecule has 0 spiro atoms. The van der Waals surface area contributed by atoms with Gasteiger partial charge in [-0.05, 0) is 36.8 Å². The second-order valence-electron chi connectivity index (χ2n) is 10.4. The maximum Gasteiger partial charge on any atom is 0.413 e. The van der Waals surface area contributed by atoms with Crippen LogP contribution in [0, 0.1) is 5.41 Å². The average molecular weight is 540 g/mol. The van der Waals surface area contributed by atoms with E-state index in [9.17, 15) is 19.5 Å². The lowest BCUT2D eigenvalue weighted by Crippen LogP contribution is -2.41. The fraction of sp³-hybridized carbons (Fsp3) is 0.577. The first kappa shape index (κ1) is 28.1. The first-order chi connectivity index (χ1) is 16.9. The van der Waals surface area contributed by atoms with Gasteiger partial charge in [0.05, 0.1) is 22.0 Å². The largest absolute Gasteiger partial charge is 0.489 e. The average Bonchev–Trinajstić information content (AvgIpc) is 3.34. The fourth-order valence-electron chi connectivity index (χ4n) is 4.37. The van der Waals surface area contributed by atoms with Gasteiger partial charge in [-0.15, -0.1) is 0 Å². The van der Waals surface area contributed by atoms with Crippen molar-refractivity contribution < 1.29 is 19.4 Å². The number of benzene rings is 1. The molecule has 1 aromatic heterocycles. The molecule has 1 aromatic carbocycles. The zero-order chi connectivity index (χ0) is 26.6. The van der Waals surface area contributed by atoms with Crippen LogP contribution in [0.4, 0.5) is 10.6 Å². The number of pyridine rings is 1. The Labute approximate surface area is 221 Å². The molecule has 1 saturated heterocycles. The SMILES string of the molecule is CCCCOc1c(N(CC(C)(C)C)C(=O)O)n(CCC(=O)N2CCCC2)c(=O)c2cc(Cl)c(Cl)cc12. The summed E-state index contributed by atoms with van der Waals surface area (Å²) in [5.41, 5.74) is -0.867. The van der Waals surface area contributed by atoms with Crippen LogP contribution in [0.3, 0.4) is 0 Å². The summed E-state index contributed by atoms with van der Waals surface area (Å²) >= 11 is 12.6. The lowest BCUT2D eigenvalue weighted by molar-refractivity contribution is -0.130. The third kappa shape index (κ3) is 6.45. The summed E-state index contributed by atoms with van der Waals surface area (Å²) in [6, 6.07) is 3.02. The molecule has 0 aliphatic carbocycles. The summed E-state index contributed by atoms with van der Waals surface area (Å²) in [4.78, 5) is 42.1. The Morgan fingerprint density at radius 2 is 1.72 bits per heavy atom. The van der Waals surface area contributed by atoms with Crippen LogP contribution in [0.2, 0.25) is 10.0 Å². The lowest BCUT2D eigenvalue weighted by atomic mass is 9.96. The Morgan fingerprint density at radius 3 is 2.28 bits per heavy atom. The number of rotatable bonds is 9. The number of halogens is 2. The number of hydrogen-bond donors (Lipinski definition) is 1. The molecular weight excluding hydrogens is 505 g/mol. The first-order valence-corrected chi connectivity index (χ1v) is 13.2. The molecule has 36 heavy (non-hydrogen) atoms. The molecule has 1 aliphatic heterocycles. The number of amides is 2. The molecule has 0 unspecified atom stereocenters. The van der Waals surface area contributed by atoms with Gasteiger partial charge in [0.25, 0.3) is 5.56 Å². The molecule has 0 bridgehead atoms. The molecular formula is C26H35Cl2N3O5. The van der Waals surface area contributed by atoms with Crippen molar-refractivity contribution in [3.05, 3.63) is 32.5 Å². The molecule has 8 nitrogen and oxygen atoms in total. The Kier molecular flexibility index (Phi) is 9.17. The van der Waals surface area contributed by atoms with Crippen LogP contribution in [0.15, 0.2) is 16.9 Å². The minimum atomic E-state index is -1.22. The van der Waals surface area contributed by atoms with Gasteiger partial charge in [0, 0.05) is 38.0 Å². The standard InChI is InChI=1S/C26H35Cl2N3O5/c1-5-6-13-36-22-17-14-19(27)20(28)15-18(17)24(33)30(12-9-21(32)29-10-7-8-11-29)23(22)31(25(34)35)16-26(2,3)4/h14-15H,5-13,16H2,1-4H3,(H,34,35). The second kappa shape index (κ2) is 11.7. The number of unbranched alkanes of at least 4 members (excludes halogenated alkanes) is 1. The molecule has 1 fully saturated rings. The summed E-state index contributed by atoms with van der Waals surface area (Å²) in [5.74, 6) is 0.293. The van der Waals surface area contributed by atoms with Crippen molar-refractivity contribution in [2.24, 2.45) is 5.41 Å². The van der Waals surface area contributed by atoms with Crippen LogP contribution in [-0.2, 0) is 11.3 Å². The van der Waals surface area contributed by atoms with Gasteiger partial charge in [-0.1, -0.05) is 57.3 Å². The van der Waals surface area contributed by atoms with E-state index >= 15 is 0 Å². The van der Waals surface area contributed by atoms with Gasteiger partial charge in [-0.3, -0.25) is 19.1 Å². The fourth-order valence-corrected chi connectivity index (χ4v) is 4.70. The maximum atomic E-state index is 13.8. The van der Waals surface area contributed by atoms with Crippen molar-refractivity contribution in [1.82, 2.24) is 9.47 Å². The van der Waals surface area contributed by atoms with Crippen molar-refractivity contribution in [2.45, 2.75) is 66.3 Å². The highest BCUT2D eigenvalue weighted by Gasteiger charge is 2.31. The monoisotopic (exact) mass is 539 g/mol. The van der Waals surface area contributed by atoms with Gasteiger partial charge in [-0.25, -0.2) is 4.79 Å². The van der Waals surface area contributed by atoms with Crippen molar-refractivity contribution in [2.75, 3.05) is 31.1 Å². The van der Waals surface area contributed by atoms with Crippen LogP contribution in [0.1, 0.15) is 59.8 Å². The second-order valence-corrected chi connectivity index (χ2v) is 11.2. The van der Waals surface area contributed by atoms with E-state index in [0.717, 1.165) is 30.6 Å². The summed E-state index contributed by atoms with van der Waals surface area (Å²) in [5, 5.41) is 11.3. The minimum absolute atomic E-state index is 0.0117. The Bertz CT molecular complexity index is 1180. The predicted octanol–water partition coefficient (Wildman–Crippen LogP) is 6.03. The van der Waals surface area contributed by atoms with Gasteiger partial charge >= 0.3 is 6.09 Å². The van der Waals surface area contributed by atoms with Gasteiger partial charge < -0.3 is 14.7 Å². The van der Waals surface area contributed by atoms with E-state index in [-0.39, 0.29) is 52.4 Å². The smallest absolute Gasteiger partial charge is 0.413 e. The van der Waals surface area contributed by atoms with Gasteiger partial charge in [-0.2, -0.15) is 0 Å². The Hall–Kier alpha value is -2.45. The Morgan fingerprint density at radius 1 is 1.11 bits per heavy atom. The predicted molar refractivity (Wildman–Crippen MR) is 144 cm³/mol. The molecule has 2 amide bonds. The highest BCUT2D eigenvalue weighted by molar-refractivity contribution is 6.42. The van der Waals surface area contributed by atoms with Crippen molar-refractivity contribution in [3.63, 3.8) is 0 Å². The molecule has 0 atom stereocenters. The maximum absolute atomic E-state index is 13.8. The number of hydrogen-bond acceptors (Lipinski definition) is 4. The molecule has 1 N–H and O–H groups in total. The van der Waals surface area contributed by atoms with Crippen LogP contribution in [0.25, 0.3) is 10.8 Å². The number of carbonyl (C=O) groups is 2. The molecule has 2 heterocycles. The summed E-state index contributed by atoms with van der Waals surface area (Å²) in [6.07, 6.45) is 2.37. The van der Waals surface area contributed by atoms with Crippen LogP contribution < -0.4 is 15.2 Å². The number of ether oxygens (including phenoxy) is 1. The lowest BCUT2D eigenvalue weighted by Gasteiger charge is -2.31. The number of carboxylic acid groups (broad SMARTS) is 1. The van der Waals surface area contributed by atoms with E-state index in [0.29, 0.717) is 25.1 Å². The first-order valence-electron chi connectivity index (χ1n) is 12.4. The van der Waals surface area contributed by atoms with Gasteiger partial charge in [0.15, 0.2) is 11.6 Å². The van der Waals surface area contributed by atoms with E-state index in [1.165, 1.54) is 10.6 Å². The van der Waals surface area contributed by atoms with E-state index in [2.05, 4.69) is 0 Å². The van der Waals surface area contributed by atoms with Crippen LogP contribution in [-0.4, -0.2) is 52.8 Å². The molecule has 2 aromatic rings. The number of fused-ring (bicyclic) bond motifs is 1. The molecule has 0 radical (unpaired) electrons. The summed E-state index contributed by atoms with van der Waals surface area (Å²) in [7, 11) is 0. The number of anilines is 1. The van der Waals surface area contributed by atoms with E-state index in [1.54, 1.807) is 11.0 Å². The minimum Gasteiger partial charge on any atom is -0.489 e. The quantitative estimate of drug-likeness (QED) is 0.392. The van der Waals surface area contributed by atoms with Crippen molar-refractivity contribution in [1.29, 1.82) is 0 Å². The van der Waals surface area contributed by atoms with Crippen LogP contribution >= 0.6 is 23.2 Å². The van der Waals surface area contributed by atoms with Crippen LogP contribution in [0.5, 0.6) is 5.75 Å². The summed E-state index contributed by atoms with van der Waals surface area (Å²) < 4.78 is 7.52. The van der Waals surface area contributed by atoms with Crippen molar-refractivity contribution in [3.8, 4) is 5.75 Å². The number of carbonyl (C=O) groups excluding carboxylic acids is 1. The zero-order valence-corrected chi connectivity index (χ0v) is 22.9. The highest BCUT2D eigenvalue weighted by atomic mass is 35.5. The molecule has 198 valence electrons. The third-order valence-electron chi connectivity index (χ3n) is 6.11. The van der Waals surface area contributed by atoms with Gasteiger partial charge in [0.1, 0.15) is 0 Å². The number of nitrogens with zero attached hydrogens (tertiary/aromatic N) is 3. The van der Waals surface area contributed by atoms with Crippen molar-refractivity contribution >= 4 is 51.8 Å². The number of aromatic nitrogens is 1. The topological polar surface area (TPSA) is 92.1 Å². The van der Waals surface area contributed by atoms with E-state index in [4.69, 9.17) is 27.9 Å². The molecule has 1 aliphatic rings. The summed E-state index contributed by atoms with van der Waals surface area (Å²) in [6.45, 7) is 9.61. The molecule has 10 heteroatoms. The van der Waals surface area contributed by atoms with E-state index in [1.807, 2.05) is 27.7 Å². The van der Waals surface area contributed by atoms with E-state index < -0.39 is 17.1 Å². The highest BCUT2D eigenvalue weighted by Crippen LogP contribution is 2.39. The number of likely N-dealkylation sites (tertiary alicyclic amines) is 1. The zero-order valence-electron chi connectivity index (χ0n) is 21.4. The Balaban J connectivity index is 2.26. The molecule has 0 saturated carbocycles. The van der Waals surface area contributed by atoms with Gasteiger partial charge in [0.2, 0.25) is 5.91 Å². The third-order valence-corrected chi connectivity index (χ3v) is 6.83. The molecule has 3 rings (SSSR count).